The molecule has 1 rings (SSSR count). The highest BCUT2D eigenvalue weighted by molar-refractivity contribution is 6.42. The third kappa shape index (κ3) is 7.02. The van der Waals surface area contributed by atoms with Gasteiger partial charge in [-0.1, -0.05) is 44.0 Å². The van der Waals surface area contributed by atoms with Gasteiger partial charge in [0.1, 0.15) is 18.5 Å². The molecule has 0 radical (unpaired) electrons. The Hall–Kier alpha value is -0.480. The lowest BCUT2D eigenvalue weighted by Gasteiger charge is -2.20. The largest absolute Gasteiger partial charge is 0.491 e. The van der Waals surface area contributed by atoms with Gasteiger partial charge in [-0.3, -0.25) is 0 Å². The summed E-state index contributed by atoms with van der Waals surface area (Å²) in [6.45, 7) is 7.97. The summed E-state index contributed by atoms with van der Waals surface area (Å²) in [6.07, 6.45) is -0.559. The van der Waals surface area contributed by atoms with Gasteiger partial charge in [0, 0.05) is 19.2 Å². The van der Waals surface area contributed by atoms with Crippen LogP contribution in [0, 0.1) is 5.41 Å². The van der Waals surface area contributed by atoms with Crippen molar-refractivity contribution in [3.05, 3.63) is 28.2 Å². The zero-order valence-electron chi connectivity index (χ0n) is 11.5. The van der Waals surface area contributed by atoms with Crippen molar-refractivity contribution in [3.63, 3.8) is 0 Å². The van der Waals surface area contributed by atoms with Crippen molar-refractivity contribution in [2.45, 2.75) is 26.9 Å². The van der Waals surface area contributed by atoms with Gasteiger partial charge in [-0.2, -0.15) is 0 Å². The number of halogens is 2. The Kier molecular flexibility index (Phi) is 6.40. The van der Waals surface area contributed by atoms with Crippen LogP contribution in [0.1, 0.15) is 20.8 Å². The number of hydrogen-bond donors (Lipinski definition) is 2. The zero-order chi connectivity index (χ0) is 14.5. The number of ether oxygens (including phenoxy) is 1. The predicted octanol–water partition coefficient (Wildman–Crippen LogP) is 3.37. The van der Waals surface area contributed by atoms with E-state index in [4.69, 9.17) is 27.9 Å². The summed E-state index contributed by atoms with van der Waals surface area (Å²) in [4.78, 5) is 0. The molecule has 0 aliphatic heterocycles. The van der Waals surface area contributed by atoms with Crippen LogP contribution in [0.2, 0.25) is 10.0 Å². The molecule has 1 aromatic carbocycles. The lowest BCUT2D eigenvalue weighted by atomic mass is 9.97. The molecular formula is C14H21Cl2NO2. The molecule has 0 fully saturated rings. The van der Waals surface area contributed by atoms with Crippen LogP contribution in [0.4, 0.5) is 0 Å². The second-order valence-electron chi connectivity index (χ2n) is 5.73. The number of nitrogens with one attached hydrogen (secondary N) is 1. The van der Waals surface area contributed by atoms with Gasteiger partial charge in [0.05, 0.1) is 10.0 Å². The highest BCUT2D eigenvalue weighted by Gasteiger charge is 2.11. The molecule has 0 aliphatic carbocycles. The Morgan fingerprint density at radius 3 is 2.53 bits per heavy atom. The maximum atomic E-state index is 9.78. The van der Waals surface area contributed by atoms with E-state index < -0.39 is 6.10 Å². The monoisotopic (exact) mass is 305 g/mol. The number of aliphatic hydroxyl groups excluding tert-OH is 1. The van der Waals surface area contributed by atoms with Crippen LogP contribution in [0.15, 0.2) is 18.2 Å². The van der Waals surface area contributed by atoms with E-state index in [9.17, 15) is 5.11 Å². The van der Waals surface area contributed by atoms with Gasteiger partial charge in [-0.15, -0.1) is 0 Å². The summed E-state index contributed by atoms with van der Waals surface area (Å²) in [7, 11) is 0. The fraction of sp³-hybridized carbons (Fsp3) is 0.571. The number of benzene rings is 1. The summed E-state index contributed by atoms with van der Waals surface area (Å²) in [5, 5.41) is 13.9. The molecule has 1 atom stereocenters. The molecule has 0 aromatic heterocycles. The molecule has 5 heteroatoms. The third-order valence-electron chi connectivity index (χ3n) is 2.37. The minimum Gasteiger partial charge on any atom is -0.491 e. The van der Waals surface area contributed by atoms with Crippen molar-refractivity contribution >= 4 is 23.2 Å². The maximum absolute atomic E-state index is 9.78. The predicted molar refractivity (Wildman–Crippen MR) is 80.3 cm³/mol. The van der Waals surface area contributed by atoms with Gasteiger partial charge >= 0.3 is 0 Å². The second-order valence-corrected chi connectivity index (χ2v) is 6.55. The first-order valence-electron chi connectivity index (χ1n) is 6.24. The van der Waals surface area contributed by atoms with Crippen molar-refractivity contribution in [1.82, 2.24) is 5.32 Å². The van der Waals surface area contributed by atoms with E-state index in [0.29, 0.717) is 22.3 Å². The Balaban J connectivity index is 2.29. The molecule has 0 spiro atoms. The quantitative estimate of drug-likeness (QED) is 0.846. The standard InChI is InChI=1S/C14H21Cl2NO2/c1-14(2,3)9-17-7-10(18)8-19-11-4-5-12(15)13(16)6-11/h4-6,10,17-18H,7-9H2,1-3H3. The summed E-state index contributed by atoms with van der Waals surface area (Å²) < 4.78 is 5.45. The van der Waals surface area contributed by atoms with Gasteiger partial charge in [0.25, 0.3) is 0 Å². The number of hydrogen-bond acceptors (Lipinski definition) is 3. The topological polar surface area (TPSA) is 41.5 Å². The van der Waals surface area contributed by atoms with Gasteiger partial charge in [-0.25, -0.2) is 0 Å². The molecule has 1 aromatic rings. The van der Waals surface area contributed by atoms with Gasteiger partial charge in [0.15, 0.2) is 0 Å². The Bertz CT molecular complexity index is 405. The van der Waals surface area contributed by atoms with E-state index in [-0.39, 0.29) is 12.0 Å². The van der Waals surface area contributed by atoms with Crippen LogP contribution >= 0.6 is 23.2 Å². The second kappa shape index (κ2) is 7.34. The van der Waals surface area contributed by atoms with Gasteiger partial charge in [0.2, 0.25) is 0 Å². The van der Waals surface area contributed by atoms with Crippen LogP contribution < -0.4 is 10.1 Å². The van der Waals surface area contributed by atoms with E-state index >= 15 is 0 Å². The highest BCUT2D eigenvalue weighted by Crippen LogP contribution is 2.26. The van der Waals surface area contributed by atoms with Crippen LogP contribution in [0.25, 0.3) is 0 Å². The van der Waals surface area contributed by atoms with Crippen LogP contribution in [-0.4, -0.2) is 30.9 Å². The average molecular weight is 306 g/mol. The Morgan fingerprint density at radius 2 is 1.95 bits per heavy atom. The van der Waals surface area contributed by atoms with Crippen LogP contribution in [-0.2, 0) is 0 Å². The van der Waals surface area contributed by atoms with E-state index in [2.05, 4.69) is 26.1 Å². The third-order valence-corrected chi connectivity index (χ3v) is 3.11. The van der Waals surface area contributed by atoms with Gasteiger partial charge < -0.3 is 15.2 Å². The molecule has 0 saturated carbocycles. The lowest BCUT2D eigenvalue weighted by Crippen LogP contribution is -2.36. The summed E-state index contributed by atoms with van der Waals surface area (Å²) in [6, 6.07) is 5.03. The molecule has 0 aliphatic rings. The molecule has 0 heterocycles. The molecule has 19 heavy (non-hydrogen) atoms. The van der Waals surface area contributed by atoms with Crippen molar-refractivity contribution in [2.75, 3.05) is 19.7 Å². The van der Waals surface area contributed by atoms with E-state index in [1.54, 1.807) is 18.2 Å². The summed E-state index contributed by atoms with van der Waals surface area (Å²) in [5.41, 5.74) is 0.199. The Morgan fingerprint density at radius 1 is 1.26 bits per heavy atom. The zero-order valence-corrected chi connectivity index (χ0v) is 13.1. The number of aliphatic hydroxyl groups is 1. The van der Waals surface area contributed by atoms with Crippen molar-refractivity contribution < 1.29 is 9.84 Å². The molecule has 0 bridgehead atoms. The maximum Gasteiger partial charge on any atom is 0.121 e. The molecule has 2 N–H and O–H groups in total. The SMILES string of the molecule is CC(C)(C)CNCC(O)COc1ccc(Cl)c(Cl)c1. The molecule has 108 valence electrons. The van der Waals surface area contributed by atoms with E-state index in [0.717, 1.165) is 6.54 Å². The number of rotatable bonds is 6. The van der Waals surface area contributed by atoms with Crippen molar-refractivity contribution in [3.8, 4) is 5.75 Å². The molecular weight excluding hydrogens is 285 g/mol. The highest BCUT2D eigenvalue weighted by atomic mass is 35.5. The normalized spacial score (nSPS) is 13.4. The van der Waals surface area contributed by atoms with E-state index in [1.165, 1.54) is 0 Å². The van der Waals surface area contributed by atoms with Crippen molar-refractivity contribution in [1.29, 1.82) is 0 Å². The lowest BCUT2D eigenvalue weighted by molar-refractivity contribution is 0.104. The fourth-order valence-electron chi connectivity index (χ4n) is 1.43. The van der Waals surface area contributed by atoms with Crippen LogP contribution in [0.3, 0.4) is 0 Å². The molecule has 0 saturated heterocycles. The fourth-order valence-corrected chi connectivity index (χ4v) is 1.72. The minimum atomic E-state index is -0.559. The molecule has 1 unspecified atom stereocenters. The summed E-state index contributed by atoms with van der Waals surface area (Å²) >= 11 is 11.7. The van der Waals surface area contributed by atoms with Crippen LogP contribution in [0.5, 0.6) is 5.75 Å². The average Bonchev–Trinajstić information content (AvgIpc) is 2.29. The molecule has 0 amide bonds. The smallest absolute Gasteiger partial charge is 0.121 e. The summed E-state index contributed by atoms with van der Waals surface area (Å²) in [5.74, 6) is 0.601. The molecule has 3 nitrogen and oxygen atoms in total. The Labute approximate surface area is 124 Å². The first-order chi connectivity index (χ1) is 8.78. The first-order valence-corrected chi connectivity index (χ1v) is 7.00. The van der Waals surface area contributed by atoms with Crippen molar-refractivity contribution in [2.24, 2.45) is 5.41 Å². The minimum absolute atomic E-state index is 0.199. The van der Waals surface area contributed by atoms with Gasteiger partial charge in [-0.05, 0) is 17.5 Å². The van der Waals surface area contributed by atoms with E-state index in [1.807, 2.05) is 0 Å². The first kappa shape index (κ1) is 16.6.